The molecule has 4 unspecified atom stereocenters. The van der Waals surface area contributed by atoms with Gasteiger partial charge in [0.25, 0.3) is 0 Å². The molecule has 4 nitrogen and oxygen atoms in total. The van der Waals surface area contributed by atoms with Crippen molar-refractivity contribution in [2.24, 2.45) is 11.7 Å². The van der Waals surface area contributed by atoms with E-state index >= 15 is 0 Å². The molecule has 0 aromatic carbocycles. The Morgan fingerprint density at radius 1 is 1.25 bits per heavy atom. The number of nitrogens with zero attached hydrogens (tertiary/aromatic N) is 1. The fourth-order valence-corrected chi connectivity index (χ4v) is 4.08. The van der Waals surface area contributed by atoms with E-state index in [1.165, 1.54) is 32.8 Å². The molecule has 0 saturated heterocycles. The Kier molecular flexibility index (Phi) is 5.08. The van der Waals surface area contributed by atoms with Gasteiger partial charge in [-0.3, -0.25) is 4.79 Å². The molecule has 0 amide bonds. The van der Waals surface area contributed by atoms with Crippen LogP contribution in [0, 0.1) is 5.92 Å². The van der Waals surface area contributed by atoms with Gasteiger partial charge in [-0.2, -0.15) is 0 Å². The molecular weight excluding hydrogens is 252 g/mol. The summed E-state index contributed by atoms with van der Waals surface area (Å²) in [6, 6.07) is 1.08. The molecule has 2 N–H and O–H groups in total. The Morgan fingerprint density at radius 2 is 1.95 bits per heavy atom. The Bertz CT molecular complexity index is 347. The molecule has 20 heavy (non-hydrogen) atoms. The lowest BCUT2D eigenvalue weighted by atomic mass is 9.77. The van der Waals surface area contributed by atoms with Crippen molar-refractivity contribution in [1.82, 2.24) is 4.90 Å². The zero-order chi connectivity index (χ0) is 14.8. The maximum Gasteiger partial charge on any atom is 0.325 e. The van der Waals surface area contributed by atoms with E-state index in [-0.39, 0.29) is 5.97 Å². The lowest BCUT2D eigenvalue weighted by Crippen LogP contribution is -2.57. The van der Waals surface area contributed by atoms with Gasteiger partial charge < -0.3 is 15.4 Å². The van der Waals surface area contributed by atoms with Gasteiger partial charge in [0.15, 0.2) is 0 Å². The second-order valence-corrected chi connectivity index (χ2v) is 6.99. The van der Waals surface area contributed by atoms with E-state index < -0.39 is 5.54 Å². The first-order valence-electron chi connectivity index (χ1n) is 8.05. The SMILES string of the molecule is COC(=O)C1(N)CCCC(N(C)C2CCCC(C)C2)C1. The van der Waals surface area contributed by atoms with Crippen LogP contribution in [0.25, 0.3) is 0 Å². The number of esters is 1. The number of carbonyl (C=O) groups excluding carboxylic acids is 1. The monoisotopic (exact) mass is 282 g/mol. The van der Waals surface area contributed by atoms with Crippen LogP contribution in [0.1, 0.15) is 58.3 Å². The van der Waals surface area contributed by atoms with Crippen LogP contribution >= 0.6 is 0 Å². The number of methoxy groups -OCH3 is 1. The molecule has 0 spiro atoms. The molecule has 0 aromatic heterocycles. The van der Waals surface area contributed by atoms with Crippen molar-refractivity contribution in [3.05, 3.63) is 0 Å². The van der Waals surface area contributed by atoms with Crippen LogP contribution in [0.2, 0.25) is 0 Å². The van der Waals surface area contributed by atoms with Gasteiger partial charge in [0.2, 0.25) is 0 Å². The number of ether oxygens (including phenoxy) is 1. The highest BCUT2D eigenvalue weighted by molar-refractivity contribution is 5.80. The van der Waals surface area contributed by atoms with Gasteiger partial charge in [-0.25, -0.2) is 0 Å². The smallest absolute Gasteiger partial charge is 0.325 e. The molecule has 2 fully saturated rings. The quantitative estimate of drug-likeness (QED) is 0.807. The van der Waals surface area contributed by atoms with Crippen LogP contribution in [0.4, 0.5) is 0 Å². The first kappa shape index (κ1) is 15.8. The molecule has 2 saturated carbocycles. The second kappa shape index (κ2) is 6.44. The van der Waals surface area contributed by atoms with Crippen molar-refractivity contribution in [3.8, 4) is 0 Å². The molecule has 2 aliphatic rings. The lowest BCUT2D eigenvalue weighted by molar-refractivity contribution is -0.149. The molecule has 4 atom stereocenters. The highest BCUT2D eigenvalue weighted by atomic mass is 16.5. The summed E-state index contributed by atoms with van der Waals surface area (Å²) < 4.78 is 4.90. The van der Waals surface area contributed by atoms with Crippen LogP contribution < -0.4 is 5.73 Å². The zero-order valence-corrected chi connectivity index (χ0v) is 13.2. The summed E-state index contributed by atoms with van der Waals surface area (Å²) in [5, 5.41) is 0. The minimum absolute atomic E-state index is 0.243. The summed E-state index contributed by atoms with van der Waals surface area (Å²) >= 11 is 0. The van der Waals surface area contributed by atoms with E-state index in [1.54, 1.807) is 0 Å². The van der Waals surface area contributed by atoms with Gasteiger partial charge in [-0.15, -0.1) is 0 Å². The average Bonchev–Trinajstić information content (AvgIpc) is 2.45. The highest BCUT2D eigenvalue weighted by Crippen LogP contribution is 2.34. The van der Waals surface area contributed by atoms with Crippen LogP contribution in [0.15, 0.2) is 0 Å². The number of hydrogen-bond donors (Lipinski definition) is 1. The van der Waals surface area contributed by atoms with E-state index in [1.807, 2.05) is 0 Å². The normalized spacial score (nSPS) is 38.8. The molecular formula is C16H30N2O2. The predicted octanol–water partition coefficient (Wildman–Crippen LogP) is 2.31. The summed E-state index contributed by atoms with van der Waals surface area (Å²) in [6.07, 6.45) is 8.91. The number of carbonyl (C=O) groups is 1. The van der Waals surface area contributed by atoms with E-state index in [9.17, 15) is 4.79 Å². The third-order valence-electron chi connectivity index (χ3n) is 5.41. The largest absolute Gasteiger partial charge is 0.468 e. The minimum Gasteiger partial charge on any atom is -0.468 e. The maximum absolute atomic E-state index is 11.9. The van der Waals surface area contributed by atoms with Gasteiger partial charge in [-0.05, 0) is 51.5 Å². The molecule has 4 heteroatoms. The van der Waals surface area contributed by atoms with E-state index in [0.717, 1.165) is 31.6 Å². The first-order valence-corrected chi connectivity index (χ1v) is 8.05. The summed E-state index contributed by atoms with van der Waals surface area (Å²) in [7, 11) is 3.66. The molecule has 2 aliphatic carbocycles. The molecule has 0 radical (unpaired) electrons. The Morgan fingerprint density at radius 3 is 2.60 bits per heavy atom. The van der Waals surface area contributed by atoms with Crippen LogP contribution in [-0.4, -0.2) is 42.6 Å². The van der Waals surface area contributed by atoms with Crippen LogP contribution in [0.5, 0.6) is 0 Å². The summed E-state index contributed by atoms with van der Waals surface area (Å²) in [5.41, 5.74) is 5.53. The first-order chi connectivity index (χ1) is 9.46. The Balaban J connectivity index is 1.99. The number of hydrogen-bond acceptors (Lipinski definition) is 4. The molecule has 0 heterocycles. The zero-order valence-electron chi connectivity index (χ0n) is 13.2. The fraction of sp³-hybridized carbons (Fsp3) is 0.938. The second-order valence-electron chi connectivity index (χ2n) is 6.99. The summed E-state index contributed by atoms with van der Waals surface area (Å²) in [4.78, 5) is 14.4. The van der Waals surface area contributed by atoms with Crippen LogP contribution in [-0.2, 0) is 9.53 Å². The highest BCUT2D eigenvalue weighted by Gasteiger charge is 2.42. The van der Waals surface area contributed by atoms with Gasteiger partial charge in [0.05, 0.1) is 7.11 Å². The van der Waals surface area contributed by atoms with Crippen molar-refractivity contribution in [2.45, 2.75) is 75.9 Å². The van der Waals surface area contributed by atoms with Gasteiger partial charge in [0, 0.05) is 12.1 Å². The topological polar surface area (TPSA) is 55.6 Å². The standard InChI is InChI=1S/C16H30N2O2/c1-12-6-4-7-13(10-12)18(2)14-8-5-9-16(17,11-14)15(19)20-3/h12-14H,4-11,17H2,1-3H3. The van der Waals surface area contributed by atoms with Gasteiger partial charge in [-0.1, -0.05) is 19.8 Å². The lowest BCUT2D eigenvalue weighted by Gasteiger charge is -2.44. The van der Waals surface area contributed by atoms with Gasteiger partial charge in [0.1, 0.15) is 5.54 Å². The summed E-state index contributed by atoms with van der Waals surface area (Å²) in [5.74, 6) is 0.579. The summed E-state index contributed by atoms with van der Waals surface area (Å²) in [6.45, 7) is 2.35. The Hall–Kier alpha value is -0.610. The van der Waals surface area contributed by atoms with Crippen molar-refractivity contribution < 1.29 is 9.53 Å². The molecule has 116 valence electrons. The van der Waals surface area contributed by atoms with E-state index in [0.29, 0.717) is 12.1 Å². The third-order valence-corrected chi connectivity index (χ3v) is 5.41. The predicted molar refractivity (Wildman–Crippen MR) is 80.4 cm³/mol. The number of nitrogens with two attached hydrogens (primary N) is 1. The Labute approximate surface area is 123 Å². The minimum atomic E-state index is -0.772. The van der Waals surface area contributed by atoms with E-state index in [2.05, 4.69) is 18.9 Å². The maximum atomic E-state index is 11.9. The van der Waals surface area contributed by atoms with Crippen molar-refractivity contribution >= 4 is 5.97 Å². The van der Waals surface area contributed by atoms with Crippen molar-refractivity contribution in [3.63, 3.8) is 0 Å². The fourth-order valence-electron chi connectivity index (χ4n) is 4.08. The van der Waals surface area contributed by atoms with E-state index in [4.69, 9.17) is 10.5 Å². The molecule has 2 rings (SSSR count). The average molecular weight is 282 g/mol. The molecule has 0 bridgehead atoms. The van der Waals surface area contributed by atoms with Crippen LogP contribution in [0.3, 0.4) is 0 Å². The van der Waals surface area contributed by atoms with Gasteiger partial charge >= 0.3 is 5.97 Å². The number of rotatable bonds is 3. The molecule has 0 aliphatic heterocycles. The van der Waals surface area contributed by atoms with Crippen molar-refractivity contribution in [1.29, 1.82) is 0 Å². The molecule has 0 aromatic rings. The van der Waals surface area contributed by atoms with Crippen molar-refractivity contribution in [2.75, 3.05) is 14.2 Å². The third kappa shape index (κ3) is 3.34.